The van der Waals surface area contributed by atoms with Gasteiger partial charge >= 0.3 is 5.97 Å². The number of carbonyl (C=O) groups is 3. The van der Waals surface area contributed by atoms with Gasteiger partial charge in [0.15, 0.2) is 0 Å². The van der Waals surface area contributed by atoms with Crippen molar-refractivity contribution in [3.05, 3.63) is 107 Å². The lowest BCUT2D eigenvalue weighted by atomic mass is 9.79. The van der Waals surface area contributed by atoms with E-state index in [4.69, 9.17) is 4.74 Å². The third kappa shape index (κ3) is 4.94. The molecule has 38 heavy (non-hydrogen) atoms. The van der Waals surface area contributed by atoms with E-state index in [1.54, 1.807) is 29.2 Å². The minimum Gasteiger partial charge on any atom is -0.466 e. The summed E-state index contributed by atoms with van der Waals surface area (Å²) in [5.41, 5.74) is 2.67. The topological polar surface area (TPSA) is 75.7 Å². The molecule has 1 heterocycles. The second-order valence-corrected chi connectivity index (χ2v) is 9.69. The first-order chi connectivity index (χ1) is 18.3. The van der Waals surface area contributed by atoms with Crippen LogP contribution < -0.4 is 10.2 Å². The van der Waals surface area contributed by atoms with Crippen LogP contribution in [0.15, 0.2) is 78.4 Å². The Morgan fingerprint density at radius 2 is 1.74 bits per heavy atom. The molecule has 3 aromatic rings. The minimum atomic E-state index is -0.830. The Kier molecular flexibility index (Phi) is 6.80. The lowest BCUT2D eigenvalue weighted by Crippen LogP contribution is -2.33. The molecular formula is C30H26F2N2O4. The average Bonchev–Trinajstić information content (AvgIpc) is 3.26. The standard InChI is InChI=1S/C30H26F2N2O4/c1-38-29(37)21-12-13-30(18-21)14-15-34(26-5-3-2-4-20(26)17-30)28(36)19-6-9-23(10-7-19)33-27(35)24-16-22(31)8-11-25(24)32/h2-11,16,18H,12-15,17H2,1H3,(H,33,35). The number of benzene rings is 3. The van der Waals surface area contributed by atoms with Gasteiger partial charge in [0.05, 0.1) is 12.7 Å². The highest BCUT2D eigenvalue weighted by Gasteiger charge is 2.39. The first kappa shape index (κ1) is 25.3. The molecule has 1 unspecified atom stereocenters. The van der Waals surface area contributed by atoms with Crippen LogP contribution >= 0.6 is 0 Å². The van der Waals surface area contributed by atoms with Crippen LogP contribution in [-0.2, 0) is 16.0 Å². The highest BCUT2D eigenvalue weighted by Crippen LogP contribution is 2.46. The lowest BCUT2D eigenvalue weighted by molar-refractivity contribution is -0.136. The Balaban J connectivity index is 1.36. The summed E-state index contributed by atoms with van der Waals surface area (Å²) in [7, 11) is 1.38. The summed E-state index contributed by atoms with van der Waals surface area (Å²) in [5, 5.41) is 2.53. The number of hydrogen-bond donors (Lipinski definition) is 1. The van der Waals surface area contributed by atoms with Crippen LogP contribution in [0.5, 0.6) is 0 Å². The quantitative estimate of drug-likeness (QED) is 0.452. The molecular weight excluding hydrogens is 490 g/mol. The molecule has 0 radical (unpaired) electrons. The van der Waals surface area contributed by atoms with E-state index in [9.17, 15) is 23.2 Å². The van der Waals surface area contributed by atoms with Crippen molar-refractivity contribution >= 4 is 29.2 Å². The summed E-state index contributed by atoms with van der Waals surface area (Å²) in [6.07, 6.45) is 4.91. The zero-order chi connectivity index (χ0) is 26.9. The van der Waals surface area contributed by atoms with Gasteiger partial charge in [-0.05, 0) is 85.2 Å². The molecule has 2 amide bonds. The van der Waals surface area contributed by atoms with Gasteiger partial charge in [-0.1, -0.05) is 24.3 Å². The summed E-state index contributed by atoms with van der Waals surface area (Å²) in [5.74, 6) is -2.84. The fourth-order valence-corrected chi connectivity index (χ4v) is 5.31. The number of anilines is 2. The van der Waals surface area contributed by atoms with E-state index in [0.717, 1.165) is 42.3 Å². The zero-order valence-electron chi connectivity index (χ0n) is 20.8. The number of nitrogens with one attached hydrogen (secondary N) is 1. The van der Waals surface area contributed by atoms with Gasteiger partial charge in [0.2, 0.25) is 0 Å². The van der Waals surface area contributed by atoms with Crippen molar-refractivity contribution in [2.75, 3.05) is 23.9 Å². The summed E-state index contributed by atoms with van der Waals surface area (Å²) in [6, 6.07) is 16.7. The zero-order valence-corrected chi connectivity index (χ0v) is 20.8. The summed E-state index contributed by atoms with van der Waals surface area (Å²) >= 11 is 0. The Morgan fingerprint density at radius 3 is 2.50 bits per heavy atom. The number of methoxy groups -OCH3 is 1. The van der Waals surface area contributed by atoms with Gasteiger partial charge in [-0.2, -0.15) is 0 Å². The molecule has 3 aromatic carbocycles. The SMILES string of the molecule is COC(=O)C1=CC2(CC1)CCN(C(=O)c1ccc(NC(=O)c3cc(F)ccc3F)cc1)c1ccccc1C2. The molecule has 0 fully saturated rings. The number of amides is 2. The highest BCUT2D eigenvalue weighted by molar-refractivity contribution is 6.08. The maximum atomic E-state index is 13.9. The van der Waals surface area contributed by atoms with E-state index in [1.165, 1.54) is 7.11 Å². The number of para-hydroxylation sites is 1. The number of halogens is 2. The Hall–Kier alpha value is -4.33. The molecule has 8 heteroatoms. The van der Waals surface area contributed by atoms with E-state index in [2.05, 4.69) is 5.32 Å². The number of nitrogens with zero attached hydrogens (tertiary/aromatic N) is 1. The van der Waals surface area contributed by atoms with Gasteiger partial charge in [0, 0.05) is 29.1 Å². The van der Waals surface area contributed by atoms with Gasteiger partial charge in [-0.3, -0.25) is 9.59 Å². The second kappa shape index (κ2) is 10.2. The maximum absolute atomic E-state index is 13.9. The maximum Gasteiger partial charge on any atom is 0.333 e. The average molecular weight is 517 g/mol. The van der Waals surface area contributed by atoms with Gasteiger partial charge in [0.1, 0.15) is 11.6 Å². The first-order valence-corrected chi connectivity index (χ1v) is 12.3. The van der Waals surface area contributed by atoms with Crippen molar-refractivity contribution in [3.8, 4) is 0 Å². The molecule has 5 rings (SSSR count). The van der Waals surface area contributed by atoms with Gasteiger partial charge in [-0.25, -0.2) is 13.6 Å². The molecule has 1 N–H and O–H groups in total. The van der Waals surface area contributed by atoms with E-state index in [0.29, 0.717) is 36.2 Å². The smallest absolute Gasteiger partial charge is 0.333 e. The number of hydrogen-bond acceptors (Lipinski definition) is 4. The molecule has 0 bridgehead atoms. The molecule has 1 aliphatic heterocycles. The fourth-order valence-electron chi connectivity index (χ4n) is 5.31. The molecule has 1 atom stereocenters. The van der Waals surface area contributed by atoms with Crippen LogP contribution in [-0.4, -0.2) is 31.4 Å². The molecule has 1 aliphatic carbocycles. The predicted octanol–water partition coefficient (Wildman–Crippen LogP) is 5.69. The third-order valence-electron chi connectivity index (χ3n) is 7.29. The molecule has 0 saturated carbocycles. The van der Waals surface area contributed by atoms with Crippen molar-refractivity contribution in [1.82, 2.24) is 0 Å². The van der Waals surface area contributed by atoms with Crippen LogP contribution in [0.2, 0.25) is 0 Å². The summed E-state index contributed by atoms with van der Waals surface area (Å²) in [6.45, 7) is 0.470. The number of carbonyl (C=O) groups excluding carboxylic acids is 3. The van der Waals surface area contributed by atoms with Crippen molar-refractivity contribution < 1.29 is 27.9 Å². The number of rotatable bonds is 4. The Labute approximate surface area is 218 Å². The lowest BCUT2D eigenvalue weighted by Gasteiger charge is -2.26. The number of fused-ring (bicyclic) bond motifs is 1. The molecule has 6 nitrogen and oxygen atoms in total. The number of ether oxygens (including phenoxy) is 1. The van der Waals surface area contributed by atoms with E-state index < -0.39 is 23.1 Å². The van der Waals surface area contributed by atoms with Crippen LogP contribution in [0.25, 0.3) is 0 Å². The third-order valence-corrected chi connectivity index (χ3v) is 7.29. The van der Waals surface area contributed by atoms with Gasteiger partial charge in [0.25, 0.3) is 11.8 Å². The Morgan fingerprint density at radius 1 is 0.974 bits per heavy atom. The number of esters is 1. The van der Waals surface area contributed by atoms with Crippen molar-refractivity contribution in [2.24, 2.45) is 5.41 Å². The molecule has 194 valence electrons. The van der Waals surface area contributed by atoms with E-state index in [-0.39, 0.29) is 17.3 Å². The monoisotopic (exact) mass is 516 g/mol. The normalized spacial score (nSPS) is 18.4. The number of allylic oxidation sites excluding steroid dienone is 1. The summed E-state index contributed by atoms with van der Waals surface area (Å²) in [4.78, 5) is 39.9. The van der Waals surface area contributed by atoms with Crippen molar-refractivity contribution in [3.63, 3.8) is 0 Å². The van der Waals surface area contributed by atoms with E-state index in [1.807, 2.05) is 30.3 Å². The van der Waals surface area contributed by atoms with E-state index >= 15 is 0 Å². The fraction of sp³-hybridized carbons (Fsp3) is 0.233. The second-order valence-electron chi connectivity index (χ2n) is 9.69. The van der Waals surface area contributed by atoms with Crippen LogP contribution in [0, 0.1) is 17.0 Å². The molecule has 1 spiro atoms. The van der Waals surface area contributed by atoms with Gasteiger partial charge in [-0.15, -0.1) is 0 Å². The van der Waals surface area contributed by atoms with Crippen LogP contribution in [0.1, 0.15) is 45.5 Å². The van der Waals surface area contributed by atoms with Crippen LogP contribution in [0.3, 0.4) is 0 Å². The summed E-state index contributed by atoms with van der Waals surface area (Å²) < 4.78 is 32.3. The molecule has 2 aliphatic rings. The van der Waals surface area contributed by atoms with Gasteiger partial charge < -0.3 is 15.0 Å². The Bertz CT molecular complexity index is 1450. The predicted molar refractivity (Wildman–Crippen MR) is 139 cm³/mol. The first-order valence-electron chi connectivity index (χ1n) is 12.3. The molecule has 0 saturated heterocycles. The van der Waals surface area contributed by atoms with Crippen LogP contribution in [0.4, 0.5) is 20.2 Å². The molecule has 0 aromatic heterocycles. The highest BCUT2D eigenvalue weighted by atomic mass is 19.1. The van der Waals surface area contributed by atoms with Crippen molar-refractivity contribution in [2.45, 2.75) is 25.7 Å². The minimum absolute atomic E-state index is 0.196. The van der Waals surface area contributed by atoms with Crippen molar-refractivity contribution in [1.29, 1.82) is 0 Å². The largest absolute Gasteiger partial charge is 0.466 e.